The SMILES string of the molecule is O=C(C1CCCO1)N1CCN(c2ccc(F)c(Cl)c2)CC1. The largest absolute Gasteiger partial charge is 0.368 e. The number of benzene rings is 1. The third-order valence-corrected chi connectivity index (χ3v) is 4.35. The van der Waals surface area contributed by atoms with Crippen LogP contribution in [0.25, 0.3) is 0 Å². The fraction of sp³-hybridized carbons (Fsp3) is 0.533. The van der Waals surface area contributed by atoms with E-state index in [-0.39, 0.29) is 17.0 Å². The fourth-order valence-electron chi connectivity index (χ4n) is 2.84. The van der Waals surface area contributed by atoms with E-state index in [0.717, 1.165) is 31.6 Å². The van der Waals surface area contributed by atoms with Crippen molar-refractivity contribution in [2.45, 2.75) is 18.9 Å². The molecule has 0 bridgehead atoms. The van der Waals surface area contributed by atoms with Crippen molar-refractivity contribution in [1.29, 1.82) is 0 Å². The molecule has 0 aromatic heterocycles. The number of piperazine rings is 1. The van der Waals surface area contributed by atoms with Gasteiger partial charge < -0.3 is 14.5 Å². The average Bonchev–Trinajstić information content (AvgIpc) is 3.04. The number of carbonyl (C=O) groups is 1. The van der Waals surface area contributed by atoms with Crippen molar-refractivity contribution < 1.29 is 13.9 Å². The standard InChI is InChI=1S/C15H18ClFN2O2/c16-12-10-11(3-4-13(12)17)18-5-7-19(8-6-18)15(20)14-2-1-9-21-14/h3-4,10,14H,1-2,5-9H2. The minimum absolute atomic E-state index is 0.101. The topological polar surface area (TPSA) is 32.8 Å². The van der Waals surface area contributed by atoms with Gasteiger partial charge in [-0.05, 0) is 31.0 Å². The van der Waals surface area contributed by atoms with Gasteiger partial charge in [-0.15, -0.1) is 0 Å². The first-order valence-corrected chi connectivity index (χ1v) is 7.63. The van der Waals surface area contributed by atoms with Crippen LogP contribution >= 0.6 is 11.6 Å². The second-order valence-electron chi connectivity index (χ2n) is 5.41. The molecule has 1 aromatic rings. The zero-order valence-electron chi connectivity index (χ0n) is 11.7. The van der Waals surface area contributed by atoms with Gasteiger partial charge in [-0.3, -0.25) is 4.79 Å². The summed E-state index contributed by atoms with van der Waals surface area (Å²) in [5.41, 5.74) is 0.894. The molecule has 0 aliphatic carbocycles. The molecule has 2 heterocycles. The van der Waals surface area contributed by atoms with Crippen LogP contribution < -0.4 is 4.90 Å². The second kappa shape index (κ2) is 6.20. The Balaban J connectivity index is 1.59. The number of nitrogens with zero attached hydrogens (tertiary/aromatic N) is 2. The maximum atomic E-state index is 13.2. The lowest BCUT2D eigenvalue weighted by Gasteiger charge is -2.37. The van der Waals surface area contributed by atoms with Gasteiger partial charge in [0.15, 0.2) is 0 Å². The molecule has 1 aromatic carbocycles. The number of hydrogen-bond acceptors (Lipinski definition) is 3. The summed E-state index contributed by atoms with van der Waals surface area (Å²) in [5, 5.41) is 0.130. The van der Waals surface area contributed by atoms with E-state index in [1.54, 1.807) is 12.1 Å². The fourth-order valence-corrected chi connectivity index (χ4v) is 3.02. The molecule has 2 aliphatic heterocycles. The maximum Gasteiger partial charge on any atom is 0.251 e. The van der Waals surface area contributed by atoms with Crippen molar-refractivity contribution in [3.63, 3.8) is 0 Å². The Kier molecular flexibility index (Phi) is 4.31. The van der Waals surface area contributed by atoms with Crippen LogP contribution in [0, 0.1) is 5.82 Å². The summed E-state index contributed by atoms with van der Waals surface area (Å²) in [7, 11) is 0. The number of hydrogen-bond donors (Lipinski definition) is 0. The molecule has 21 heavy (non-hydrogen) atoms. The Morgan fingerprint density at radius 2 is 2.05 bits per heavy atom. The van der Waals surface area contributed by atoms with Gasteiger partial charge in [0.2, 0.25) is 0 Å². The van der Waals surface area contributed by atoms with Crippen LogP contribution in [-0.2, 0) is 9.53 Å². The van der Waals surface area contributed by atoms with Crippen molar-refractivity contribution in [1.82, 2.24) is 4.90 Å². The first-order valence-electron chi connectivity index (χ1n) is 7.25. The Labute approximate surface area is 128 Å². The van der Waals surface area contributed by atoms with E-state index in [1.807, 2.05) is 4.90 Å². The van der Waals surface area contributed by atoms with Gasteiger partial charge >= 0.3 is 0 Å². The Morgan fingerprint density at radius 1 is 1.29 bits per heavy atom. The van der Waals surface area contributed by atoms with Crippen LogP contribution in [0.15, 0.2) is 18.2 Å². The number of carbonyl (C=O) groups excluding carboxylic acids is 1. The highest BCUT2D eigenvalue weighted by molar-refractivity contribution is 6.31. The minimum atomic E-state index is -0.410. The van der Waals surface area contributed by atoms with Gasteiger partial charge in [0.1, 0.15) is 11.9 Å². The Hall–Kier alpha value is -1.33. The van der Waals surface area contributed by atoms with E-state index in [0.29, 0.717) is 19.7 Å². The van der Waals surface area contributed by atoms with E-state index < -0.39 is 5.82 Å². The van der Waals surface area contributed by atoms with Crippen molar-refractivity contribution in [3.05, 3.63) is 29.0 Å². The number of amides is 1. The number of ether oxygens (including phenoxy) is 1. The summed E-state index contributed by atoms with van der Waals surface area (Å²) in [4.78, 5) is 16.2. The molecule has 0 radical (unpaired) electrons. The van der Waals surface area contributed by atoms with Gasteiger partial charge in [0.05, 0.1) is 5.02 Å². The lowest BCUT2D eigenvalue weighted by Crippen LogP contribution is -2.51. The molecule has 1 amide bonds. The third kappa shape index (κ3) is 3.14. The zero-order valence-corrected chi connectivity index (χ0v) is 12.5. The number of rotatable bonds is 2. The van der Waals surface area contributed by atoms with Crippen molar-refractivity contribution >= 4 is 23.2 Å². The first kappa shape index (κ1) is 14.6. The predicted octanol–water partition coefficient (Wildman–Crippen LogP) is 2.31. The van der Waals surface area contributed by atoms with Crippen molar-refractivity contribution in [3.8, 4) is 0 Å². The minimum Gasteiger partial charge on any atom is -0.368 e. The van der Waals surface area contributed by atoms with E-state index in [9.17, 15) is 9.18 Å². The molecule has 0 spiro atoms. The van der Waals surface area contributed by atoms with Crippen molar-refractivity contribution in [2.75, 3.05) is 37.7 Å². The first-order chi connectivity index (χ1) is 10.1. The average molecular weight is 313 g/mol. The second-order valence-corrected chi connectivity index (χ2v) is 5.82. The van der Waals surface area contributed by atoms with Crippen LogP contribution in [0.4, 0.5) is 10.1 Å². The van der Waals surface area contributed by atoms with Crippen molar-refractivity contribution in [2.24, 2.45) is 0 Å². The van der Waals surface area contributed by atoms with Crippen LogP contribution in [0.5, 0.6) is 0 Å². The zero-order chi connectivity index (χ0) is 14.8. The van der Waals surface area contributed by atoms with E-state index in [1.165, 1.54) is 6.07 Å². The van der Waals surface area contributed by atoms with E-state index in [4.69, 9.17) is 16.3 Å². The summed E-state index contributed by atoms with van der Waals surface area (Å²) < 4.78 is 18.6. The summed E-state index contributed by atoms with van der Waals surface area (Å²) in [5.74, 6) is -0.308. The van der Waals surface area contributed by atoms with Crippen LogP contribution in [0.2, 0.25) is 5.02 Å². The summed E-state index contributed by atoms with van der Waals surface area (Å²) in [6.07, 6.45) is 1.54. The normalized spacial score (nSPS) is 22.7. The highest BCUT2D eigenvalue weighted by Crippen LogP contribution is 2.24. The summed E-state index contributed by atoms with van der Waals surface area (Å²) >= 11 is 5.82. The molecule has 1 unspecified atom stereocenters. The monoisotopic (exact) mass is 312 g/mol. The van der Waals surface area contributed by atoms with Gasteiger partial charge in [0.25, 0.3) is 5.91 Å². The molecule has 0 saturated carbocycles. The highest BCUT2D eigenvalue weighted by Gasteiger charge is 2.30. The molecular formula is C15H18ClFN2O2. The van der Waals surface area contributed by atoms with E-state index >= 15 is 0 Å². The molecule has 114 valence electrons. The van der Waals surface area contributed by atoms with Gasteiger partial charge in [-0.1, -0.05) is 11.6 Å². The Morgan fingerprint density at radius 3 is 2.67 bits per heavy atom. The van der Waals surface area contributed by atoms with Gasteiger partial charge in [-0.2, -0.15) is 0 Å². The quantitative estimate of drug-likeness (QED) is 0.840. The third-order valence-electron chi connectivity index (χ3n) is 4.06. The van der Waals surface area contributed by atoms with Gasteiger partial charge in [0, 0.05) is 38.5 Å². The highest BCUT2D eigenvalue weighted by atomic mass is 35.5. The molecule has 2 saturated heterocycles. The number of halogens is 2. The maximum absolute atomic E-state index is 13.2. The lowest BCUT2D eigenvalue weighted by atomic mass is 10.2. The summed E-state index contributed by atoms with van der Waals surface area (Å²) in [6, 6.07) is 4.73. The molecule has 1 atom stereocenters. The molecule has 2 aliphatic rings. The molecule has 6 heteroatoms. The molecule has 2 fully saturated rings. The predicted molar refractivity (Wildman–Crippen MR) is 79.2 cm³/mol. The van der Waals surface area contributed by atoms with Gasteiger partial charge in [-0.25, -0.2) is 4.39 Å². The van der Waals surface area contributed by atoms with Crippen LogP contribution in [0.1, 0.15) is 12.8 Å². The summed E-state index contributed by atoms with van der Waals surface area (Å²) in [6.45, 7) is 3.45. The van der Waals surface area contributed by atoms with Crippen LogP contribution in [0.3, 0.4) is 0 Å². The van der Waals surface area contributed by atoms with Crippen LogP contribution in [-0.4, -0.2) is 49.7 Å². The molecule has 4 nitrogen and oxygen atoms in total. The smallest absolute Gasteiger partial charge is 0.251 e. The number of anilines is 1. The van der Waals surface area contributed by atoms with E-state index in [2.05, 4.69) is 4.90 Å². The lowest BCUT2D eigenvalue weighted by molar-refractivity contribution is -0.141. The molecular weight excluding hydrogens is 295 g/mol. The molecule has 0 N–H and O–H groups in total. The Bertz CT molecular complexity index is 526. The molecule has 3 rings (SSSR count).